The lowest BCUT2D eigenvalue weighted by molar-refractivity contribution is 0.641. The van der Waals surface area contributed by atoms with E-state index in [1.165, 1.54) is 17.6 Å². The Morgan fingerprint density at radius 2 is 2.27 bits per heavy atom. The summed E-state index contributed by atoms with van der Waals surface area (Å²) in [5.74, 6) is -0.211. The topological polar surface area (TPSA) is 12.9 Å². The van der Waals surface area contributed by atoms with Crippen LogP contribution < -0.4 is 0 Å². The van der Waals surface area contributed by atoms with Crippen LogP contribution in [0.4, 0.5) is 4.39 Å². The van der Waals surface area contributed by atoms with Gasteiger partial charge in [-0.2, -0.15) is 4.37 Å². The molecule has 11 heavy (non-hydrogen) atoms. The van der Waals surface area contributed by atoms with Crippen molar-refractivity contribution in [3.05, 3.63) is 28.6 Å². The van der Waals surface area contributed by atoms with E-state index in [4.69, 9.17) is 0 Å². The second-order valence-electron chi connectivity index (χ2n) is 2.13. The molecule has 56 valence electrons. The predicted molar refractivity (Wildman–Crippen MR) is 47.3 cm³/mol. The van der Waals surface area contributed by atoms with Crippen molar-refractivity contribution in [2.45, 2.75) is 0 Å². The van der Waals surface area contributed by atoms with Gasteiger partial charge in [-0.3, -0.25) is 0 Å². The molecule has 2 rings (SSSR count). The number of fused-ring (bicyclic) bond motifs is 1. The highest BCUT2D eigenvalue weighted by Gasteiger charge is 2.03. The summed E-state index contributed by atoms with van der Waals surface area (Å²) in [4.78, 5) is 0. The highest BCUT2D eigenvalue weighted by atomic mass is 79.9. The van der Waals surface area contributed by atoms with Crippen LogP contribution in [-0.2, 0) is 0 Å². The van der Waals surface area contributed by atoms with E-state index in [-0.39, 0.29) is 5.82 Å². The molecule has 0 radical (unpaired) electrons. The molecule has 0 amide bonds. The average molecular weight is 232 g/mol. The monoisotopic (exact) mass is 231 g/mol. The van der Waals surface area contributed by atoms with E-state index < -0.39 is 0 Å². The van der Waals surface area contributed by atoms with Crippen molar-refractivity contribution >= 4 is 37.5 Å². The lowest BCUT2D eigenvalue weighted by atomic mass is 10.3. The van der Waals surface area contributed by atoms with Crippen molar-refractivity contribution in [1.29, 1.82) is 0 Å². The Hall–Kier alpha value is -0.480. The molecule has 0 N–H and O–H groups in total. The number of hydrogen-bond donors (Lipinski definition) is 0. The zero-order valence-corrected chi connectivity index (χ0v) is 7.75. The molecule has 2 aromatic rings. The molecule has 1 nitrogen and oxygen atoms in total. The molecular formula is C7H3BrFNS. The van der Waals surface area contributed by atoms with Crippen LogP contribution in [0.25, 0.3) is 10.1 Å². The van der Waals surface area contributed by atoms with Crippen LogP contribution in [-0.4, -0.2) is 4.37 Å². The van der Waals surface area contributed by atoms with Crippen LogP contribution in [0.5, 0.6) is 0 Å². The van der Waals surface area contributed by atoms with Crippen LogP contribution >= 0.6 is 27.5 Å². The van der Waals surface area contributed by atoms with Crippen LogP contribution in [0.2, 0.25) is 0 Å². The van der Waals surface area contributed by atoms with Gasteiger partial charge in [0, 0.05) is 16.1 Å². The fourth-order valence-corrected chi connectivity index (χ4v) is 1.99. The van der Waals surface area contributed by atoms with Gasteiger partial charge >= 0.3 is 0 Å². The zero-order chi connectivity index (χ0) is 7.84. The summed E-state index contributed by atoms with van der Waals surface area (Å²) >= 11 is 4.38. The first-order chi connectivity index (χ1) is 5.27. The Morgan fingerprint density at radius 1 is 1.45 bits per heavy atom. The summed E-state index contributed by atoms with van der Waals surface area (Å²) in [5.41, 5.74) is 0. The van der Waals surface area contributed by atoms with E-state index in [1.54, 1.807) is 6.20 Å². The van der Waals surface area contributed by atoms with Gasteiger partial charge in [-0.15, -0.1) is 0 Å². The summed E-state index contributed by atoms with van der Waals surface area (Å²) < 4.78 is 18.3. The quantitative estimate of drug-likeness (QED) is 0.679. The van der Waals surface area contributed by atoms with E-state index >= 15 is 0 Å². The van der Waals surface area contributed by atoms with Crippen molar-refractivity contribution in [2.24, 2.45) is 0 Å². The van der Waals surface area contributed by atoms with Gasteiger partial charge in [0.15, 0.2) is 0 Å². The molecule has 1 heterocycles. The Kier molecular flexibility index (Phi) is 1.65. The lowest BCUT2D eigenvalue weighted by Crippen LogP contribution is -1.72. The third-order valence-electron chi connectivity index (χ3n) is 1.37. The van der Waals surface area contributed by atoms with Gasteiger partial charge < -0.3 is 0 Å². The number of aromatic nitrogens is 1. The molecule has 0 saturated carbocycles. The van der Waals surface area contributed by atoms with Gasteiger partial charge in [0.25, 0.3) is 0 Å². The second-order valence-corrected chi connectivity index (χ2v) is 3.85. The minimum Gasteiger partial charge on any atom is -0.205 e. The van der Waals surface area contributed by atoms with Crippen molar-refractivity contribution < 1.29 is 4.39 Å². The predicted octanol–water partition coefficient (Wildman–Crippen LogP) is 3.20. The van der Waals surface area contributed by atoms with E-state index in [2.05, 4.69) is 20.3 Å². The van der Waals surface area contributed by atoms with Crippen molar-refractivity contribution in [3.63, 3.8) is 0 Å². The van der Waals surface area contributed by atoms with Gasteiger partial charge in [0.1, 0.15) is 5.82 Å². The first-order valence-corrected chi connectivity index (χ1v) is 4.53. The largest absolute Gasteiger partial charge is 0.205 e. The molecule has 0 unspecified atom stereocenters. The molecule has 0 atom stereocenters. The first kappa shape index (κ1) is 7.18. The first-order valence-electron chi connectivity index (χ1n) is 2.97. The summed E-state index contributed by atoms with van der Waals surface area (Å²) in [6, 6.07) is 3.29. The Labute approximate surface area is 75.1 Å². The maximum Gasteiger partial charge on any atom is 0.143 e. The van der Waals surface area contributed by atoms with E-state index in [0.717, 1.165) is 9.86 Å². The summed E-state index contributed by atoms with van der Waals surface area (Å²) in [7, 11) is 0. The molecule has 0 aliphatic heterocycles. The minimum absolute atomic E-state index is 0.211. The molecule has 0 aliphatic carbocycles. The van der Waals surface area contributed by atoms with Gasteiger partial charge in [-0.25, -0.2) is 4.39 Å². The normalized spacial score (nSPS) is 10.7. The lowest BCUT2D eigenvalue weighted by Gasteiger charge is -1.91. The molecule has 0 saturated heterocycles. The van der Waals surface area contributed by atoms with Gasteiger partial charge in [-0.05, 0) is 23.7 Å². The zero-order valence-electron chi connectivity index (χ0n) is 5.34. The third kappa shape index (κ3) is 1.16. The molecule has 1 aromatic heterocycles. The number of nitrogens with zero attached hydrogens (tertiary/aromatic N) is 1. The standard InChI is InChI=1S/C7H3BrFNS/c8-5-1-4-3-10-11-7(4)6(9)2-5/h1-3H. The van der Waals surface area contributed by atoms with Gasteiger partial charge in [-0.1, -0.05) is 15.9 Å². The molecule has 0 fully saturated rings. The highest BCUT2D eigenvalue weighted by molar-refractivity contribution is 9.10. The van der Waals surface area contributed by atoms with Crippen LogP contribution in [0.15, 0.2) is 22.8 Å². The fourth-order valence-electron chi connectivity index (χ4n) is 0.908. The summed E-state index contributed by atoms with van der Waals surface area (Å²) in [5, 5.41) is 0.849. The van der Waals surface area contributed by atoms with Crippen LogP contribution in [0.3, 0.4) is 0 Å². The van der Waals surface area contributed by atoms with E-state index in [0.29, 0.717) is 4.70 Å². The second kappa shape index (κ2) is 2.53. The van der Waals surface area contributed by atoms with Crippen molar-refractivity contribution in [1.82, 2.24) is 4.37 Å². The molecule has 1 aromatic carbocycles. The van der Waals surface area contributed by atoms with E-state index in [9.17, 15) is 4.39 Å². The van der Waals surface area contributed by atoms with Crippen molar-refractivity contribution in [3.8, 4) is 0 Å². The average Bonchev–Trinajstić information content (AvgIpc) is 2.34. The maximum absolute atomic E-state index is 13.0. The SMILES string of the molecule is Fc1cc(Br)cc2cnsc12. The number of halogens is 2. The number of hydrogen-bond acceptors (Lipinski definition) is 2. The van der Waals surface area contributed by atoms with Crippen LogP contribution in [0, 0.1) is 5.82 Å². The van der Waals surface area contributed by atoms with Gasteiger partial charge in [0.05, 0.1) is 4.70 Å². The third-order valence-corrected chi connectivity index (χ3v) is 2.65. The highest BCUT2D eigenvalue weighted by Crippen LogP contribution is 2.25. The molecular weight excluding hydrogens is 229 g/mol. The minimum atomic E-state index is -0.211. The summed E-state index contributed by atoms with van der Waals surface area (Å²) in [6.07, 6.45) is 1.66. The summed E-state index contributed by atoms with van der Waals surface area (Å²) in [6.45, 7) is 0. The maximum atomic E-state index is 13.0. The fraction of sp³-hybridized carbons (Fsp3) is 0. The van der Waals surface area contributed by atoms with Gasteiger partial charge in [0.2, 0.25) is 0 Å². The Balaban J connectivity index is 2.91. The molecule has 0 bridgehead atoms. The Morgan fingerprint density at radius 3 is 3.09 bits per heavy atom. The van der Waals surface area contributed by atoms with Crippen molar-refractivity contribution in [2.75, 3.05) is 0 Å². The number of rotatable bonds is 0. The van der Waals surface area contributed by atoms with E-state index in [1.807, 2.05) is 6.07 Å². The number of benzene rings is 1. The van der Waals surface area contributed by atoms with Crippen LogP contribution in [0.1, 0.15) is 0 Å². The smallest absolute Gasteiger partial charge is 0.143 e. The molecule has 4 heteroatoms. The Bertz CT molecular complexity index is 398. The molecule has 0 spiro atoms. The molecule has 0 aliphatic rings.